The van der Waals surface area contributed by atoms with E-state index < -0.39 is 30.9 Å². The summed E-state index contributed by atoms with van der Waals surface area (Å²) in [5.41, 5.74) is 0. The Kier molecular flexibility index (Phi) is 7.31. The third kappa shape index (κ3) is 5.69. The fourth-order valence-corrected chi connectivity index (χ4v) is 3.36. The largest absolute Gasteiger partial charge is 0.491 e. The molecule has 2 aliphatic rings. The molecule has 0 amide bonds. The standard InChI is InChI=1S/C22H24F2O7/c1-2-25-22-30-20-18(11-26-16-7-3-14(23)4-8-16)28-13-29-19(21(20)31-22)12-27-17-9-5-15(24)6-10-17/h3-10,18-22H,2,11-13H2,1H3/t18-,19-,20-,21-/m0/s1. The molecule has 0 spiro atoms. The van der Waals surface area contributed by atoms with E-state index in [1.807, 2.05) is 6.92 Å². The van der Waals surface area contributed by atoms with Crippen LogP contribution in [-0.4, -0.2) is 57.5 Å². The van der Waals surface area contributed by atoms with Crippen LogP contribution < -0.4 is 9.47 Å². The van der Waals surface area contributed by atoms with Gasteiger partial charge in [0.1, 0.15) is 67.6 Å². The molecule has 2 aromatic carbocycles. The molecule has 4 atom stereocenters. The molecule has 2 aliphatic heterocycles. The number of hydrogen-bond acceptors (Lipinski definition) is 7. The minimum absolute atomic E-state index is 0.0199. The van der Waals surface area contributed by atoms with Crippen molar-refractivity contribution in [2.75, 3.05) is 26.6 Å². The fraction of sp³-hybridized carbons (Fsp3) is 0.455. The summed E-state index contributed by atoms with van der Waals surface area (Å²) in [4.78, 5) is 0. The van der Waals surface area contributed by atoms with Crippen LogP contribution in [0.1, 0.15) is 6.92 Å². The first-order chi connectivity index (χ1) is 15.1. The smallest absolute Gasteiger partial charge is 0.272 e. The zero-order valence-electron chi connectivity index (χ0n) is 16.9. The highest BCUT2D eigenvalue weighted by molar-refractivity contribution is 5.23. The number of halogens is 2. The van der Waals surface area contributed by atoms with Gasteiger partial charge >= 0.3 is 0 Å². The Bertz CT molecular complexity index is 752. The molecular weight excluding hydrogens is 414 g/mol. The lowest BCUT2D eigenvalue weighted by Crippen LogP contribution is -2.45. The third-order valence-corrected chi connectivity index (χ3v) is 4.92. The number of fused-ring (bicyclic) bond motifs is 1. The second kappa shape index (κ2) is 10.3. The lowest BCUT2D eigenvalue weighted by atomic mass is 10.0. The predicted molar refractivity (Wildman–Crippen MR) is 104 cm³/mol. The fourth-order valence-electron chi connectivity index (χ4n) is 3.36. The summed E-state index contributed by atoms with van der Waals surface area (Å²) in [5.74, 6) is 0.316. The second-order valence-electron chi connectivity index (χ2n) is 7.00. The van der Waals surface area contributed by atoms with Crippen LogP contribution in [-0.2, 0) is 23.7 Å². The highest BCUT2D eigenvalue weighted by Gasteiger charge is 2.49. The molecule has 7 nitrogen and oxygen atoms in total. The van der Waals surface area contributed by atoms with Gasteiger partial charge in [-0.2, -0.15) is 0 Å². The topological polar surface area (TPSA) is 64.6 Å². The molecule has 0 unspecified atom stereocenters. The van der Waals surface area contributed by atoms with Crippen LogP contribution in [0.5, 0.6) is 11.5 Å². The summed E-state index contributed by atoms with van der Waals surface area (Å²) in [5, 5.41) is 0. The van der Waals surface area contributed by atoms with Crippen molar-refractivity contribution in [1.82, 2.24) is 0 Å². The SMILES string of the molecule is CCOC1O[C@@H]2[C@@H](O1)[C@H](COc1ccc(F)cc1)OCO[C@H]2COc1ccc(F)cc1. The maximum absolute atomic E-state index is 13.1. The number of hydrogen-bond donors (Lipinski definition) is 0. The van der Waals surface area contributed by atoms with Gasteiger partial charge in [0.05, 0.1) is 0 Å². The van der Waals surface area contributed by atoms with Crippen molar-refractivity contribution in [2.24, 2.45) is 0 Å². The summed E-state index contributed by atoms with van der Waals surface area (Å²) in [6.07, 6.45) is -2.12. The molecule has 0 aromatic heterocycles. The van der Waals surface area contributed by atoms with Gasteiger partial charge in [-0.15, -0.1) is 0 Å². The second-order valence-corrected chi connectivity index (χ2v) is 7.00. The molecule has 0 N–H and O–H groups in total. The maximum atomic E-state index is 13.1. The van der Waals surface area contributed by atoms with Crippen LogP contribution in [0.2, 0.25) is 0 Å². The number of rotatable bonds is 8. The van der Waals surface area contributed by atoms with Crippen LogP contribution in [0.25, 0.3) is 0 Å². The van der Waals surface area contributed by atoms with Gasteiger partial charge in [-0.3, -0.25) is 0 Å². The average Bonchev–Trinajstić information content (AvgIpc) is 3.12. The van der Waals surface area contributed by atoms with Crippen molar-refractivity contribution in [1.29, 1.82) is 0 Å². The van der Waals surface area contributed by atoms with E-state index in [0.717, 1.165) is 0 Å². The Balaban J connectivity index is 1.42. The minimum Gasteiger partial charge on any atom is -0.491 e. The van der Waals surface area contributed by atoms with E-state index in [4.69, 9.17) is 33.2 Å². The molecule has 168 valence electrons. The zero-order chi connectivity index (χ0) is 21.6. The molecule has 2 aromatic rings. The van der Waals surface area contributed by atoms with Gasteiger partial charge in [0.25, 0.3) is 6.48 Å². The summed E-state index contributed by atoms with van der Waals surface area (Å²) < 4.78 is 66.6. The monoisotopic (exact) mass is 438 g/mol. The Morgan fingerprint density at radius 3 is 1.65 bits per heavy atom. The van der Waals surface area contributed by atoms with E-state index in [0.29, 0.717) is 18.1 Å². The van der Waals surface area contributed by atoms with Crippen molar-refractivity contribution >= 4 is 0 Å². The van der Waals surface area contributed by atoms with Gasteiger partial charge in [0.2, 0.25) is 0 Å². The first kappa shape index (κ1) is 21.9. The summed E-state index contributed by atoms with van der Waals surface area (Å²) in [6, 6.07) is 11.4. The number of benzene rings is 2. The molecule has 9 heteroatoms. The van der Waals surface area contributed by atoms with Crippen LogP contribution in [0, 0.1) is 11.6 Å². The first-order valence-electron chi connectivity index (χ1n) is 10.0. The molecule has 4 rings (SSSR count). The maximum Gasteiger partial charge on any atom is 0.272 e. The van der Waals surface area contributed by atoms with E-state index in [-0.39, 0.29) is 31.6 Å². The Labute approximate surface area is 178 Å². The van der Waals surface area contributed by atoms with E-state index in [1.165, 1.54) is 48.5 Å². The first-order valence-corrected chi connectivity index (χ1v) is 10.0. The Morgan fingerprint density at radius 1 is 0.774 bits per heavy atom. The quantitative estimate of drug-likeness (QED) is 0.627. The van der Waals surface area contributed by atoms with Crippen molar-refractivity contribution < 1.29 is 41.9 Å². The van der Waals surface area contributed by atoms with E-state index in [1.54, 1.807) is 0 Å². The summed E-state index contributed by atoms with van der Waals surface area (Å²) in [7, 11) is 0. The molecule has 0 saturated carbocycles. The Morgan fingerprint density at radius 2 is 1.23 bits per heavy atom. The zero-order valence-corrected chi connectivity index (χ0v) is 16.9. The van der Waals surface area contributed by atoms with Gasteiger partial charge in [0.15, 0.2) is 0 Å². The van der Waals surface area contributed by atoms with E-state index in [9.17, 15) is 8.78 Å². The summed E-state index contributed by atoms with van der Waals surface area (Å²) in [6.45, 7) is 1.63. The predicted octanol–water partition coefficient (Wildman–Crippen LogP) is 3.27. The lowest BCUT2D eigenvalue weighted by Gasteiger charge is -2.25. The third-order valence-electron chi connectivity index (χ3n) is 4.92. The van der Waals surface area contributed by atoms with Gasteiger partial charge in [-0.25, -0.2) is 8.78 Å². The highest BCUT2D eigenvalue weighted by atomic mass is 19.1. The van der Waals surface area contributed by atoms with Crippen molar-refractivity contribution in [2.45, 2.75) is 37.8 Å². The van der Waals surface area contributed by atoms with Crippen molar-refractivity contribution in [3.8, 4) is 11.5 Å². The molecule has 31 heavy (non-hydrogen) atoms. The molecule has 0 bridgehead atoms. The van der Waals surface area contributed by atoms with E-state index in [2.05, 4.69) is 0 Å². The molecule has 2 saturated heterocycles. The molecular formula is C22H24F2O7. The van der Waals surface area contributed by atoms with Gasteiger partial charge in [-0.1, -0.05) is 0 Å². The molecule has 0 aliphatic carbocycles. The lowest BCUT2D eigenvalue weighted by molar-refractivity contribution is -0.261. The average molecular weight is 438 g/mol. The van der Waals surface area contributed by atoms with Gasteiger partial charge < -0.3 is 33.2 Å². The van der Waals surface area contributed by atoms with Crippen molar-refractivity contribution in [3.05, 3.63) is 60.2 Å². The minimum atomic E-state index is -0.869. The highest BCUT2D eigenvalue weighted by Crippen LogP contribution is 2.31. The van der Waals surface area contributed by atoms with Gasteiger partial charge in [-0.05, 0) is 55.5 Å². The van der Waals surface area contributed by atoms with Crippen molar-refractivity contribution in [3.63, 3.8) is 0 Å². The van der Waals surface area contributed by atoms with Crippen LogP contribution in [0.15, 0.2) is 48.5 Å². The molecule has 0 radical (unpaired) electrons. The number of ether oxygens (including phenoxy) is 7. The Hall–Kier alpha value is -2.30. The van der Waals surface area contributed by atoms with E-state index >= 15 is 0 Å². The molecule has 2 fully saturated rings. The van der Waals surface area contributed by atoms with Crippen LogP contribution in [0.3, 0.4) is 0 Å². The normalized spacial score (nSPS) is 26.3. The summed E-state index contributed by atoms with van der Waals surface area (Å²) >= 11 is 0. The van der Waals surface area contributed by atoms with Gasteiger partial charge in [0, 0.05) is 6.61 Å². The molecule has 2 heterocycles. The van der Waals surface area contributed by atoms with Crippen LogP contribution in [0.4, 0.5) is 8.78 Å². The van der Waals surface area contributed by atoms with Crippen LogP contribution >= 0.6 is 0 Å².